The van der Waals surface area contributed by atoms with Crippen LogP contribution in [0, 0.1) is 0 Å². The van der Waals surface area contributed by atoms with Crippen molar-refractivity contribution < 1.29 is 18.3 Å². The van der Waals surface area contributed by atoms with E-state index in [4.69, 9.17) is 0 Å². The smallest absolute Gasteiger partial charge is 0.376 e. The minimum atomic E-state index is -4.70. The number of rotatable bonds is 5. The number of nitrogens with zero attached hydrogens (tertiary/aromatic N) is 2. The summed E-state index contributed by atoms with van der Waals surface area (Å²) < 4.78 is 42.3. The molecule has 1 fully saturated rings. The lowest BCUT2D eigenvalue weighted by molar-refractivity contribution is -0.258. The molecule has 4 nitrogen and oxygen atoms in total. The van der Waals surface area contributed by atoms with Gasteiger partial charge in [0, 0.05) is 31.9 Å². The van der Waals surface area contributed by atoms with Gasteiger partial charge in [-0.15, -0.1) is 11.8 Å². The molecular weight excluding hydrogens is 431 g/mol. The summed E-state index contributed by atoms with van der Waals surface area (Å²) in [6, 6.07) is 6.01. The van der Waals surface area contributed by atoms with Gasteiger partial charge in [0.2, 0.25) is 0 Å². The number of hydrogen-bond donors (Lipinski definition) is 2. The first-order valence-corrected chi connectivity index (χ1v) is 12.0. The summed E-state index contributed by atoms with van der Waals surface area (Å²) in [5, 5.41) is 12.5. The Morgan fingerprint density at radius 2 is 1.53 bits per heavy atom. The molecule has 1 aliphatic heterocycles. The lowest BCUT2D eigenvalue weighted by Crippen LogP contribution is -2.43. The number of nitrogens with one attached hydrogen (secondary N) is 1. The third-order valence-corrected chi connectivity index (χ3v) is 6.64. The maximum absolute atomic E-state index is 12.9. The van der Waals surface area contributed by atoms with Gasteiger partial charge in [0.25, 0.3) is 0 Å². The molecule has 30 heavy (non-hydrogen) atoms. The molecule has 2 N–H and O–H groups in total. The highest BCUT2D eigenvalue weighted by molar-refractivity contribution is 8.20. The van der Waals surface area contributed by atoms with E-state index in [-0.39, 0.29) is 5.56 Å². The fraction of sp³-hybridized carbons (Fsp3) is 0.619. The molecule has 9 heteroatoms. The number of aliphatic hydroxyl groups is 1. The van der Waals surface area contributed by atoms with E-state index in [1.54, 1.807) is 35.8 Å². The highest BCUT2D eigenvalue weighted by atomic mass is 32.2. The Morgan fingerprint density at radius 3 is 1.90 bits per heavy atom. The molecule has 174 valence electrons. The van der Waals surface area contributed by atoms with E-state index in [0.717, 1.165) is 38.8 Å². The monoisotopic (exact) mass is 467 g/mol. The van der Waals surface area contributed by atoms with Crippen LogP contribution in [0.15, 0.2) is 34.6 Å². The highest BCUT2D eigenvalue weighted by Crippen LogP contribution is 2.39. The number of allylic oxidation sites excluding steroid dienone is 1. The van der Waals surface area contributed by atoms with Crippen molar-refractivity contribution in [2.24, 2.45) is 0 Å². The normalized spacial score (nSPS) is 17.3. The Balaban J connectivity index is 0.00000154. The lowest BCUT2D eigenvalue weighted by atomic mass is 9.95. The van der Waals surface area contributed by atoms with Gasteiger partial charge in [-0.25, -0.2) is 4.31 Å². The van der Waals surface area contributed by atoms with Crippen LogP contribution >= 0.6 is 23.7 Å². The Labute approximate surface area is 188 Å². The molecule has 1 saturated heterocycles. The molecule has 1 aromatic rings. The molecule has 0 bridgehead atoms. The Bertz CT molecular complexity index is 615. The van der Waals surface area contributed by atoms with E-state index in [0.29, 0.717) is 0 Å². The van der Waals surface area contributed by atoms with Gasteiger partial charge in [-0.3, -0.25) is 0 Å². The molecule has 0 saturated carbocycles. The zero-order valence-electron chi connectivity index (χ0n) is 19.0. The molecule has 1 atom stereocenters. The minimum absolute atomic E-state index is 0.143. The second kappa shape index (κ2) is 14.2. The molecule has 0 spiro atoms. The number of piperazine rings is 1. The molecule has 0 radical (unpaired) electrons. The summed E-state index contributed by atoms with van der Waals surface area (Å²) in [6.45, 7) is 10.2. The third-order valence-electron chi connectivity index (χ3n) is 4.24. The number of alkyl halides is 3. The number of benzene rings is 1. The summed E-state index contributed by atoms with van der Waals surface area (Å²) in [6.07, 6.45) is -0.553. The van der Waals surface area contributed by atoms with Gasteiger partial charge in [-0.2, -0.15) is 13.2 Å². The standard InChI is InChI=1S/C17H23F3N2OS2.C2H7N.C2H6/c1-4-15(24-3)25-22-11-9-21(10-12-22)14-7-5-13(6-8-14)16(2,23)17(18,19)20;1-3-2;1-2/h4-8,23H,9-12H2,1-3H3;3H,1-2H3;1-2H3/b15-4+;;. The third kappa shape index (κ3) is 8.70. The van der Waals surface area contributed by atoms with Crippen LogP contribution in [0.5, 0.6) is 0 Å². The van der Waals surface area contributed by atoms with Crippen LogP contribution in [0.1, 0.15) is 33.3 Å². The van der Waals surface area contributed by atoms with Crippen molar-refractivity contribution in [2.75, 3.05) is 51.4 Å². The molecule has 0 amide bonds. The number of halogens is 3. The Hall–Kier alpha value is -0.870. The number of anilines is 1. The summed E-state index contributed by atoms with van der Waals surface area (Å²) in [7, 11) is 3.75. The Morgan fingerprint density at radius 1 is 1.07 bits per heavy atom. The fourth-order valence-electron chi connectivity index (χ4n) is 2.53. The van der Waals surface area contributed by atoms with E-state index in [2.05, 4.69) is 26.9 Å². The average Bonchev–Trinajstić information content (AvgIpc) is 2.74. The highest BCUT2D eigenvalue weighted by Gasteiger charge is 2.51. The second-order valence-corrected chi connectivity index (χ2v) is 8.68. The zero-order chi connectivity index (χ0) is 23.4. The molecular formula is C21H36F3N3OS2. The van der Waals surface area contributed by atoms with Gasteiger partial charge >= 0.3 is 6.18 Å². The van der Waals surface area contributed by atoms with Crippen LogP contribution in [-0.4, -0.2) is 62.1 Å². The van der Waals surface area contributed by atoms with Gasteiger partial charge in [0.05, 0.1) is 4.24 Å². The maximum Gasteiger partial charge on any atom is 0.421 e. The van der Waals surface area contributed by atoms with Crippen molar-refractivity contribution >= 4 is 29.4 Å². The molecule has 0 aliphatic carbocycles. The molecule has 1 aromatic carbocycles. The van der Waals surface area contributed by atoms with Crippen LogP contribution in [0.25, 0.3) is 0 Å². The van der Waals surface area contributed by atoms with Crippen molar-refractivity contribution in [3.63, 3.8) is 0 Å². The predicted molar refractivity (Wildman–Crippen MR) is 127 cm³/mol. The second-order valence-electron chi connectivity index (χ2n) is 6.44. The van der Waals surface area contributed by atoms with Crippen molar-refractivity contribution in [1.29, 1.82) is 0 Å². The first kappa shape index (κ1) is 29.1. The van der Waals surface area contributed by atoms with Crippen LogP contribution in [0.4, 0.5) is 18.9 Å². The topological polar surface area (TPSA) is 38.7 Å². The van der Waals surface area contributed by atoms with Crippen LogP contribution in [-0.2, 0) is 5.60 Å². The van der Waals surface area contributed by atoms with Crippen molar-refractivity contribution in [3.8, 4) is 0 Å². The zero-order valence-corrected chi connectivity index (χ0v) is 20.6. The molecule has 1 heterocycles. The largest absolute Gasteiger partial charge is 0.421 e. The van der Waals surface area contributed by atoms with E-state index in [9.17, 15) is 18.3 Å². The maximum atomic E-state index is 12.9. The minimum Gasteiger partial charge on any atom is -0.376 e. The number of thioether (sulfide) groups is 1. The fourth-order valence-corrected chi connectivity index (χ4v) is 4.09. The molecule has 2 rings (SSSR count). The molecule has 0 aromatic heterocycles. The van der Waals surface area contributed by atoms with Gasteiger partial charge in [0.1, 0.15) is 0 Å². The SMILES string of the molecule is C/C=C(\SC)SN1CCN(c2ccc(C(C)(O)C(F)(F)F)cc2)CC1.CC.CNC. The summed E-state index contributed by atoms with van der Waals surface area (Å²) in [4.78, 5) is 2.15. The summed E-state index contributed by atoms with van der Waals surface area (Å²) >= 11 is 3.46. The summed E-state index contributed by atoms with van der Waals surface area (Å²) in [5.41, 5.74) is -2.10. The van der Waals surface area contributed by atoms with Crippen molar-refractivity contribution in [2.45, 2.75) is 39.5 Å². The predicted octanol–water partition coefficient (Wildman–Crippen LogP) is 5.31. The van der Waals surface area contributed by atoms with Gasteiger partial charge < -0.3 is 15.3 Å². The quantitative estimate of drug-likeness (QED) is 0.572. The van der Waals surface area contributed by atoms with Gasteiger partial charge in [-0.05, 0) is 63.8 Å². The van der Waals surface area contributed by atoms with Crippen molar-refractivity contribution in [1.82, 2.24) is 9.62 Å². The molecule has 1 unspecified atom stereocenters. The lowest BCUT2D eigenvalue weighted by Gasteiger charge is -2.35. The first-order chi connectivity index (χ1) is 14.1. The van der Waals surface area contributed by atoms with E-state index in [1.807, 2.05) is 34.9 Å². The van der Waals surface area contributed by atoms with Gasteiger partial charge in [-0.1, -0.05) is 32.1 Å². The number of hydrogen-bond acceptors (Lipinski definition) is 6. The Kier molecular flexibility index (Phi) is 13.8. The van der Waals surface area contributed by atoms with E-state index < -0.39 is 11.8 Å². The van der Waals surface area contributed by atoms with Gasteiger partial charge in [0.15, 0.2) is 5.60 Å². The summed E-state index contributed by atoms with van der Waals surface area (Å²) in [5.74, 6) is 0. The van der Waals surface area contributed by atoms with E-state index in [1.165, 1.54) is 16.4 Å². The van der Waals surface area contributed by atoms with Crippen LogP contribution < -0.4 is 10.2 Å². The van der Waals surface area contributed by atoms with E-state index >= 15 is 0 Å². The van der Waals surface area contributed by atoms with Crippen molar-refractivity contribution in [3.05, 3.63) is 40.1 Å². The molecule has 1 aliphatic rings. The average molecular weight is 468 g/mol. The van der Waals surface area contributed by atoms with Crippen LogP contribution in [0.3, 0.4) is 0 Å². The van der Waals surface area contributed by atoms with Crippen LogP contribution in [0.2, 0.25) is 0 Å². The first-order valence-electron chi connectivity index (χ1n) is 9.97.